The van der Waals surface area contributed by atoms with Gasteiger partial charge in [0.25, 0.3) is 0 Å². The predicted octanol–water partition coefficient (Wildman–Crippen LogP) is 1.87. The van der Waals surface area contributed by atoms with Crippen LogP contribution in [0.5, 0.6) is 0 Å². The normalized spacial score (nSPS) is 26.6. The van der Waals surface area contributed by atoms with Crippen molar-refractivity contribution in [2.75, 3.05) is 26.7 Å². The van der Waals surface area contributed by atoms with Crippen LogP contribution in [0.4, 0.5) is 0 Å². The molecule has 0 aromatic heterocycles. The van der Waals surface area contributed by atoms with Crippen molar-refractivity contribution in [1.82, 2.24) is 10.2 Å². The third-order valence-corrected chi connectivity index (χ3v) is 3.60. The average molecular weight is 228 g/mol. The minimum absolute atomic E-state index is 0.481. The average Bonchev–Trinajstić information content (AvgIpc) is 2.29. The maximum absolute atomic E-state index is 5.67. The molecular formula is C13H28N2O. The van der Waals surface area contributed by atoms with Gasteiger partial charge in [-0.2, -0.15) is 0 Å². The van der Waals surface area contributed by atoms with Crippen LogP contribution in [0.1, 0.15) is 40.0 Å². The molecule has 0 spiro atoms. The lowest BCUT2D eigenvalue weighted by molar-refractivity contribution is -0.000294. The second kappa shape index (κ2) is 7.25. The van der Waals surface area contributed by atoms with Gasteiger partial charge < -0.3 is 15.0 Å². The van der Waals surface area contributed by atoms with Gasteiger partial charge in [-0.3, -0.25) is 0 Å². The number of nitrogens with zero attached hydrogens (tertiary/aromatic N) is 1. The molecule has 1 fully saturated rings. The molecule has 1 aliphatic rings. The maximum atomic E-state index is 5.67. The first-order valence-electron chi connectivity index (χ1n) is 6.68. The number of ether oxygens (including phenoxy) is 1. The minimum atomic E-state index is 0.481. The molecule has 16 heavy (non-hydrogen) atoms. The van der Waals surface area contributed by atoms with Crippen molar-refractivity contribution in [3.63, 3.8) is 0 Å². The molecule has 3 heteroatoms. The molecule has 96 valence electrons. The Balaban J connectivity index is 2.12. The molecule has 2 atom stereocenters. The number of nitrogens with one attached hydrogen (secondary N) is 1. The van der Waals surface area contributed by atoms with Crippen LogP contribution in [-0.2, 0) is 4.74 Å². The molecular weight excluding hydrogens is 200 g/mol. The Morgan fingerprint density at radius 2 is 2.19 bits per heavy atom. The smallest absolute Gasteiger partial charge is 0.0587 e. The zero-order valence-electron chi connectivity index (χ0n) is 11.3. The van der Waals surface area contributed by atoms with Gasteiger partial charge in [0.1, 0.15) is 0 Å². The van der Waals surface area contributed by atoms with Gasteiger partial charge in [0.05, 0.1) is 6.10 Å². The topological polar surface area (TPSA) is 24.5 Å². The lowest BCUT2D eigenvalue weighted by atomic mass is 10.0. The number of hydrogen-bond donors (Lipinski definition) is 1. The third-order valence-electron chi connectivity index (χ3n) is 3.60. The van der Waals surface area contributed by atoms with Crippen LogP contribution in [0.3, 0.4) is 0 Å². The Morgan fingerprint density at radius 1 is 1.44 bits per heavy atom. The summed E-state index contributed by atoms with van der Waals surface area (Å²) < 4.78 is 5.67. The van der Waals surface area contributed by atoms with Crippen LogP contribution in [0.15, 0.2) is 0 Å². The summed E-state index contributed by atoms with van der Waals surface area (Å²) in [7, 11) is 2.19. The van der Waals surface area contributed by atoms with Crippen molar-refractivity contribution >= 4 is 0 Å². The summed E-state index contributed by atoms with van der Waals surface area (Å²) in [6.45, 7) is 9.83. The quantitative estimate of drug-likeness (QED) is 0.751. The first kappa shape index (κ1) is 13.9. The molecule has 0 radical (unpaired) electrons. The Kier molecular flexibility index (Phi) is 6.32. The van der Waals surface area contributed by atoms with Gasteiger partial charge in [-0.1, -0.05) is 6.92 Å². The summed E-state index contributed by atoms with van der Waals surface area (Å²) >= 11 is 0. The van der Waals surface area contributed by atoms with E-state index in [0.29, 0.717) is 18.2 Å². The molecule has 2 unspecified atom stereocenters. The molecule has 0 saturated carbocycles. The van der Waals surface area contributed by atoms with E-state index < -0.39 is 0 Å². The summed E-state index contributed by atoms with van der Waals surface area (Å²) in [5.74, 6) is 0. The van der Waals surface area contributed by atoms with E-state index >= 15 is 0 Å². The maximum Gasteiger partial charge on any atom is 0.0587 e. The summed E-state index contributed by atoms with van der Waals surface area (Å²) in [5.41, 5.74) is 0. The highest BCUT2D eigenvalue weighted by Crippen LogP contribution is 2.15. The number of likely N-dealkylation sites (N-methyl/N-ethyl adjacent to an activating group) is 1. The van der Waals surface area contributed by atoms with E-state index in [1.165, 1.54) is 12.8 Å². The lowest BCUT2D eigenvalue weighted by Gasteiger charge is -2.30. The molecule has 0 amide bonds. The Hall–Kier alpha value is -0.120. The van der Waals surface area contributed by atoms with Gasteiger partial charge in [0, 0.05) is 31.8 Å². The zero-order valence-corrected chi connectivity index (χ0v) is 11.3. The summed E-state index contributed by atoms with van der Waals surface area (Å²) in [6.07, 6.45) is 3.97. The van der Waals surface area contributed by atoms with Crippen LogP contribution in [-0.4, -0.2) is 49.8 Å². The van der Waals surface area contributed by atoms with Gasteiger partial charge in [0.2, 0.25) is 0 Å². The van der Waals surface area contributed by atoms with Gasteiger partial charge in [0.15, 0.2) is 0 Å². The summed E-state index contributed by atoms with van der Waals surface area (Å²) in [6, 6.07) is 1.30. The molecule has 1 aliphatic heterocycles. The second-order valence-electron chi connectivity index (χ2n) is 5.15. The Labute approximate surface area is 101 Å². The van der Waals surface area contributed by atoms with E-state index in [2.05, 4.69) is 38.0 Å². The van der Waals surface area contributed by atoms with Gasteiger partial charge in [-0.25, -0.2) is 0 Å². The van der Waals surface area contributed by atoms with Crippen LogP contribution in [0.2, 0.25) is 0 Å². The summed E-state index contributed by atoms with van der Waals surface area (Å²) in [4.78, 5) is 2.38. The monoisotopic (exact) mass is 228 g/mol. The predicted molar refractivity (Wildman–Crippen MR) is 68.8 cm³/mol. The highest BCUT2D eigenvalue weighted by atomic mass is 16.5. The molecule has 0 bridgehead atoms. The fourth-order valence-electron chi connectivity index (χ4n) is 2.05. The molecule has 3 nitrogen and oxygen atoms in total. The van der Waals surface area contributed by atoms with E-state index in [1.54, 1.807) is 0 Å². The van der Waals surface area contributed by atoms with Gasteiger partial charge >= 0.3 is 0 Å². The van der Waals surface area contributed by atoms with Gasteiger partial charge in [-0.05, 0) is 40.2 Å². The van der Waals surface area contributed by atoms with Crippen LogP contribution >= 0.6 is 0 Å². The van der Waals surface area contributed by atoms with E-state index in [4.69, 9.17) is 4.74 Å². The van der Waals surface area contributed by atoms with E-state index in [0.717, 1.165) is 26.1 Å². The summed E-state index contributed by atoms with van der Waals surface area (Å²) in [5, 5.41) is 3.65. The van der Waals surface area contributed by atoms with E-state index in [9.17, 15) is 0 Å². The minimum Gasteiger partial charge on any atom is -0.378 e. The molecule has 0 aromatic carbocycles. The molecule has 0 aromatic rings. The highest BCUT2D eigenvalue weighted by molar-refractivity contribution is 4.76. The zero-order chi connectivity index (χ0) is 12.0. The van der Waals surface area contributed by atoms with Gasteiger partial charge in [-0.15, -0.1) is 0 Å². The standard InChI is InChI=1S/C13H28N2O/c1-5-13-10-12(6-9-16-13)14-7-8-15(4)11(2)3/h11-14H,5-10H2,1-4H3. The van der Waals surface area contributed by atoms with Crippen LogP contribution in [0, 0.1) is 0 Å². The van der Waals surface area contributed by atoms with Crippen molar-refractivity contribution < 1.29 is 4.74 Å². The van der Waals surface area contributed by atoms with Crippen molar-refractivity contribution in [2.45, 2.75) is 58.2 Å². The van der Waals surface area contributed by atoms with Crippen LogP contribution < -0.4 is 5.32 Å². The van der Waals surface area contributed by atoms with Crippen molar-refractivity contribution in [3.05, 3.63) is 0 Å². The fraction of sp³-hybridized carbons (Fsp3) is 1.00. The van der Waals surface area contributed by atoms with Crippen LogP contribution in [0.25, 0.3) is 0 Å². The third kappa shape index (κ3) is 4.81. The number of hydrogen-bond acceptors (Lipinski definition) is 3. The molecule has 0 aliphatic carbocycles. The van der Waals surface area contributed by atoms with E-state index in [-0.39, 0.29) is 0 Å². The molecule has 1 heterocycles. The van der Waals surface area contributed by atoms with Crippen molar-refractivity contribution in [3.8, 4) is 0 Å². The largest absolute Gasteiger partial charge is 0.378 e. The molecule has 1 rings (SSSR count). The van der Waals surface area contributed by atoms with E-state index in [1.807, 2.05) is 0 Å². The second-order valence-corrected chi connectivity index (χ2v) is 5.15. The first-order chi connectivity index (χ1) is 7.63. The number of rotatable bonds is 6. The molecule has 1 saturated heterocycles. The van der Waals surface area contributed by atoms with Crippen molar-refractivity contribution in [2.24, 2.45) is 0 Å². The fourth-order valence-corrected chi connectivity index (χ4v) is 2.05. The first-order valence-corrected chi connectivity index (χ1v) is 6.68. The van der Waals surface area contributed by atoms with Crippen molar-refractivity contribution in [1.29, 1.82) is 0 Å². The molecule has 1 N–H and O–H groups in total. The SMILES string of the molecule is CCC1CC(NCCN(C)C(C)C)CCO1. The Morgan fingerprint density at radius 3 is 2.81 bits per heavy atom. The highest BCUT2D eigenvalue weighted by Gasteiger charge is 2.20. The Bertz CT molecular complexity index is 185. The lowest BCUT2D eigenvalue weighted by Crippen LogP contribution is -2.42.